The Balaban J connectivity index is 2.15. The number of rotatable bonds is 3. The highest BCUT2D eigenvalue weighted by Gasteiger charge is 2.11. The van der Waals surface area contributed by atoms with E-state index in [0.717, 1.165) is 27.5 Å². The summed E-state index contributed by atoms with van der Waals surface area (Å²) in [5.41, 5.74) is 3.52. The van der Waals surface area contributed by atoms with Crippen LogP contribution in [0.4, 0.5) is 0 Å². The van der Waals surface area contributed by atoms with Crippen molar-refractivity contribution in [1.82, 2.24) is 19.2 Å². The van der Waals surface area contributed by atoms with Crippen molar-refractivity contribution in [3.63, 3.8) is 0 Å². The first kappa shape index (κ1) is 15.1. The summed E-state index contributed by atoms with van der Waals surface area (Å²) in [4.78, 5) is 16.3. The first-order valence-corrected chi connectivity index (χ1v) is 8.35. The van der Waals surface area contributed by atoms with E-state index in [-0.39, 0.29) is 5.56 Å². The van der Waals surface area contributed by atoms with E-state index >= 15 is 0 Å². The van der Waals surface area contributed by atoms with Crippen LogP contribution in [-0.2, 0) is 6.54 Å². The van der Waals surface area contributed by atoms with Gasteiger partial charge in [0.1, 0.15) is 15.8 Å². The molecule has 5 nitrogen and oxygen atoms in total. The molecule has 0 aliphatic rings. The van der Waals surface area contributed by atoms with Gasteiger partial charge in [0.05, 0.1) is 6.54 Å². The fourth-order valence-electron chi connectivity index (χ4n) is 2.39. The summed E-state index contributed by atoms with van der Waals surface area (Å²) in [7, 11) is 0. The maximum absolute atomic E-state index is 12.1. The SMILES string of the molecule is CSc1cc2n(Cc3cnc(Cl)c(C)c3)c(C)cc(=O)n2n1. The second-order valence-corrected chi connectivity index (χ2v) is 6.30. The van der Waals surface area contributed by atoms with Gasteiger partial charge in [0.15, 0.2) is 0 Å². The van der Waals surface area contributed by atoms with Crippen molar-refractivity contribution < 1.29 is 0 Å². The zero-order chi connectivity index (χ0) is 15.9. The molecule has 0 saturated carbocycles. The molecule has 3 rings (SSSR count). The lowest BCUT2D eigenvalue weighted by atomic mass is 10.2. The molecule has 0 bridgehead atoms. The lowest BCUT2D eigenvalue weighted by Crippen LogP contribution is -2.20. The largest absolute Gasteiger partial charge is 0.326 e. The van der Waals surface area contributed by atoms with Crippen LogP contribution in [0.15, 0.2) is 34.2 Å². The monoisotopic (exact) mass is 334 g/mol. The molecule has 3 aromatic rings. The Labute approximate surface area is 136 Å². The third-order valence-electron chi connectivity index (χ3n) is 3.53. The summed E-state index contributed by atoms with van der Waals surface area (Å²) in [6.07, 6.45) is 3.70. The van der Waals surface area contributed by atoms with Crippen molar-refractivity contribution in [2.75, 3.05) is 6.26 Å². The average Bonchev–Trinajstić information content (AvgIpc) is 2.92. The van der Waals surface area contributed by atoms with Crippen molar-refractivity contribution in [3.8, 4) is 0 Å². The number of hydrogen-bond acceptors (Lipinski definition) is 4. The van der Waals surface area contributed by atoms with Crippen LogP contribution in [0.5, 0.6) is 0 Å². The van der Waals surface area contributed by atoms with Crippen LogP contribution in [0.1, 0.15) is 16.8 Å². The molecule has 3 aromatic heterocycles. The highest BCUT2D eigenvalue weighted by molar-refractivity contribution is 7.98. The van der Waals surface area contributed by atoms with Crippen LogP contribution in [0, 0.1) is 13.8 Å². The molecule has 0 aromatic carbocycles. The third-order valence-corrected chi connectivity index (χ3v) is 4.55. The quantitative estimate of drug-likeness (QED) is 0.546. The van der Waals surface area contributed by atoms with E-state index in [2.05, 4.69) is 14.6 Å². The minimum atomic E-state index is -0.116. The molecular formula is C15H15ClN4OS. The average molecular weight is 335 g/mol. The van der Waals surface area contributed by atoms with Crippen molar-refractivity contribution in [2.45, 2.75) is 25.4 Å². The maximum atomic E-state index is 12.1. The Morgan fingerprint density at radius 3 is 2.73 bits per heavy atom. The van der Waals surface area contributed by atoms with E-state index in [1.165, 1.54) is 16.3 Å². The molecule has 0 aliphatic heterocycles. The number of fused-ring (bicyclic) bond motifs is 1. The molecular weight excluding hydrogens is 320 g/mol. The van der Waals surface area contributed by atoms with Crippen LogP contribution in [-0.4, -0.2) is 25.4 Å². The fraction of sp³-hybridized carbons (Fsp3) is 0.267. The molecule has 0 aliphatic carbocycles. The van der Waals surface area contributed by atoms with Crippen LogP contribution < -0.4 is 5.56 Å². The second-order valence-electron chi connectivity index (χ2n) is 5.12. The number of thioether (sulfide) groups is 1. The van der Waals surface area contributed by atoms with E-state index in [4.69, 9.17) is 11.6 Å². The number of hydrogen-bond donors (Lipinski definition) is 0. The minimum absolute atomic E-state index is 0.116. The van der Waals surface area contributed by atoms with Gasteiger partial charge in [-0.25, -0.2) is 4.98 Å². The normalized spacial score (nSPS) is 11.3. The summed E-state index contributed by atoms with van der Waals surface area (Å²) < 4.78 is 3.49. The van der Waals surface area contributed by atoms with Gasteiger partial charge in [-0.05, 0) is 37.3 Å². The number of nitrogens with zero attached hydrogens (tertiary/aromatic N) is 4. The number of pyridine rings is 1. The van der Waals surface area contributed by atoms with Gasteiger partial charge < -0.3 is 4.57 Å². The number of aromatic nitrogens is 4. The Morgan fingerprint density at radius 1 is 1.27 bits per heavy atom. The summed E-state index contributed by atoms with van der Waals surface area (Å²) >= 11 is 7.49. The minimum Gasteiger partial charge on any atom is -0.326 e. The molecule has 0 saturated heterocycles. The second kappa shape index (κ2) is 5.78. The molecule has 0 spiro atoms. The zero-order valence-corrected chi connectivity index (χ0v) is 14.1. The molecule has 0 unspecified atom stereocenters. The van der Waals surface area contributed by atoms with Gasteiger partial charge in [-0.2, -0.15) is 9.61 Å². The van der Waals surface area contributed by atoms with Crippen LogP contribution in [0.25, 0.3) is 5.65 Å². The van der Waals surface area contributed by atoms with E-state index in [1.807, 2.05) is 32.2 Å². The fourth-order valence-corrected chi connectivity index (χ4v) is 2.88. The third kappa shape index (κ3) is 2.64. The zero-order valence-electron chi connectivity index (χ0n) is 12.5. The predicted octanol–water partition coefficient (Wildman–Crippen LogP) is 2.93. The molecule has 0 N–H and O–H groups in total. The van der Waals surface area contributed by atoms with Crippen molar-refractivity contribution >= 4 is 29.0 Å². The maximum Gasteiger partial charge on any atom is 0.274 e. The summed E-state index contributed by atoms with van der Waals surface area (Å²) in [6.45, 7) is 4.46. The van der Waals surface area contributed by atoms with Gasteiger partial charge in [0.2, 0.25) is 0 Å². The van der Waals surface area contributed by atoms with E-state index in [1.54, 1.807) is 12.3 Å². The van der Waals surface area contributed by atoms with E-state index < -0.39 is 0 Å². The Bertz CT molecular complexity index is 916. The van der Waals surface area contributed by atoms with Crippen molar-refractivity contribution in [1.29, 1.82) is 0 Å². The molecule has 0 amide bonds. The van der Waals surface area contributed by atoms with Crippen LogP contribution in [0.3, 0.4) is 0 Å². The smallest absolute Gasteiger partial charge is 0.274 e. The Kier molecular flexibility index (Phi) is 3.97. The van der Waals surface area contributed by atoms with Crippen molar-refractivity contribution in [3.05, 3.63) is 56.7 Å². The topological polar surface area (TPSA) is 52.2 Å². The van der Waals surface area contributed by atoms with Gasteiger partial charge >= 0.3 is 0 Å². The molecule has 7 heteroatoms. The van der Waals surface area contributed by atoms with E-state index in [0.29, 0.717) is 11.7 Å². The van der Waals surface area contributed by atoms with Crippen LogP contribution >= 0.6 is 23.4 Å². The lowest BCUT2D eigenvalue weighted by Gasteiger charge is -2.13. The Morgan fingerprint density at radius 2 is 2.05 bits per heavy atom. The van der Waals surface area contributed by atoms with Crippen molar-refractivity contribution in [2.24, 2.45) is 0 Å². The molecule has 3 heterocycles. The first-order valence-electron chi connectivity index (χ1n) is 6.75. The first-order chi connectivity index (χ1) is 10.5. The van der Waals surface area contributed by atoms with E-state index in [9.17, 15) is 4.79 Å². The van der Waals surface area contributed by atoms with Gasteiger partial charge in [-0.15, -0.1) is 11.8 Å². The molecule has 114 valence electrons. The highest BCUT2D eigenvalue weighted by Crippen LogP contribution is 2.18. The van der Waals surface area contributed by atoms with Gasteiger partial charge in [-0.1, -0.05) is 11.6 Å². The molecule has 0 atom stereocenters. The summed E-state index contributed by atoms with van der Waals surface area (Å²) in [5, 5.41) is 5.65. The van der Waals surface area contributed by atoms with Gasteiger partial charge in [0.25, 0.3) is 5.56 Å². The highest BCUT2D eigenvalue weighted by atomic mass is 35.5. The van der Waals surface area contributed by atoms with Gasteiger partial charge in [-0.3, -0.25) is 4.79 Å². The Hall–Kier alpha value is -1.79. The number of aryl methyl sites for hydroxylation is 2. The molecule has 0 fully saturated rings. The number of halogens is 1. The molecule has 22 heavy (non-hydrogen) atoms. The standard InChI is InChI=1S/C15H15ClN4OS/c1-9-4-11(7-17-15(9)16)8-19-10(2)5-14(21)20-13(19)6-12(18-20)22-3/h4-7H,8H2,1-3H3. The van der Waals surface area contributed by atoms with Crippen LogP contribution in [0.2, 0.25) is 5.15 Å². The van der Waals surface area contributed by atoms with Gasteiger partial charge in [0, 0.05) is 24.0 Å². The molecule has 0 radical (unpaired) electrons. The predicted molar refractivity (Wildman–Crippen MR) is 89.1 cm³/mol. The lowest BCUT2D eigenvalue weighted by molar-refractivity contribution is 0.730. The summed E-state index contributed by atoms with van der Waals surface area (Å²) in [6, 6.07) is 5.53. The summed E-state index contributed by atoms with van der Waals surface area (Å²) in [5.74, 6) is 0.